The van der Waals surface area contributed by atoms with Crippen molar-refractivity contribution in [2.45, 2.75) is 39.2 Å². The maximum absolute atomic E-state index is 5.60. The lowest BCUT2D eigenvalue weighted by atomic mass is 9.80. The van der Waals surface area contributed by atoms with Crippen LogP contribution in [0.15, 0.2) is 12.4 Å². The van der Waals surface area contributed by atoms with Crippen LogP contribution in [0.5, 0.6) is 0 Å². The number of aromatic nitrogens is 2. The lowest BCUT2D eigenvalue weighted by Crippen LogP contribution is -2.30. The Morgan fingerprint density at radius 3 is 2.50 bits per heavy atom. The third kappa shape index (κ3) is 2.84. The van der Waals surface area contributed by atoms with Crippen LogP contribution < -0.4 is 11.1 Å². The minimum atomic E-state index is 0.474. The van der Waals surface area contributed by atoms with Crippen LogP contribution in [0.25, 0.3) is 0 Å². The number of hydrogen-bond donors (Lipinski definition) is 2. The highest BCUT2D eigenvalue weighted by molar-refractivity contribution is 5.39. The number of nitrogen functional groups attached to an aromatic ring is 1. The van der Waals surface area contributed by atoms with E-state index in [4.69, 9.17) is 5.73 Å². The van der Waals surface area contributed by atoms with Crippen molar-refractivity contribution in [2.24, 2.45) is 11.8 Å². The third-order valence-electron chi connectivity index (χ3n) is 3.18. The second-order valence-corrected chi connectivity index (χ2v) is 5.09. The first kappa shape index (κ1) is 11.2. The Morgan fingerprint density at radius 2 is 1.88 bits per heavy atom. The molecule has 0 saturated heterocycles. The molecule has 1 fully saturated rings. The fraction of sp³-hybridized carbons (Fsp3) is 0.667. The SMILES string of the molecule is CC1CC(C)CC(Nc2cncc(N)n2)C1. The summed E-state index contributed by atoms with van der Waals surface area (Å²) < 4.78 is 0. The Hall–Kier alpha value is -1.32. The van der Waals surface area contributed by atoms with Gasteiger partial charge in [0.05, 0.1) is 12.4 Å². The quantitative estimate of drug-likeness (QED) is 0.802. The van der Waals surface area contributed by atoms with E-state index in [0.29, 0.717) is 11.9 Å². The highest BCUT2D eigenvalue weighted by Gasteiger charge is 2.23. The van der Waals surface area contributed by atoms with E-state index >= 15 is 0 Å². The first-order valence-electron chi connectivity index (χ1n) is 5.97. The van der Waals surface area contributed by atoms with Crippen LogP contribution in [0.4, 0.5) is 11.6 Å². The van der Waals surface area contributed by atoms with E-state index in [2.05, 4.69) is 29.1 Å². The van der Waals surface area contributed by atoms with Crippen LogP contribution in [-0.2, 0) is 0 Å². The zero-order chi connectivity index (χ0) is 11.5. The number of rotatable bonds is 2. The molecule has 2 rings (SSSR count). The van der Waals surface area contributed by atoms with Crippen molar-refractivity contribution in [3.63, 3.8) is 0 Å². The van der Waals surface area contributed by atoms with Crippen LogP contribution in [0.3, 0.4) is 0 Å². The van der Waals surface area contributed by atoms with Gasteiger partial charge in [0.2, 0.25) is 0 Å². The molecule has 0 bridgehead atoms. The standard InChI is InChI=1S/C12H20N4/c1-8-3-9(2)5-10(4-8)15-12-7-14-6-11(13)16-12/h6-10H,3-5H2,1-2H3,(H3,13,15,16). The Morgan fingerprint density at radius 1 is 1.19 bits per heavy atom. The van der Waals surface area contributed by atoms with Crippen LogP contribution in [0.2, 0.25) is 0 Å². The van der Waals surface area contributed by atoms with Gasteiger partial charge in [-0.1, -0.05) is 13.8 Å². The molecule has 0 radical (unpaired) electrons. The molecular formula is C12H20N4. The van der Waals surface area contributed by atoms with Gasteiger partial charge in [-0.2, -0.15) is 0 Å². The van der Waals surface area contributed by atoms with Gasteiger partial charge in [0.25, 0.3) is 0 Å². The molecule has 16 heavy (non-hydrogen) atoms. The average molecular weight is 220 g/mol. The molecule has 2 unspecified atom stereocenters. The average Bonchev–Trinajstić information content (AvgIpc) is 2.15. The second-order valence-electron chi connectivity index (χ2n) is 5.09. The highest BCUT2D eigenvalue weighted by atomic mass is 15.1. The second kappa shape index (κ2) is 4.68. The molecule has 88 valence electrons. The van der Waals surface area contributed by atoms with Crippen molar-refractivity contribution in [3.05, 3.63) is 12.4 Å². The summed E-state index contributed by atoms with van der Waals surface area (Å²) in [5.41, 5.74) is 5.60. The van der Waals surface area contributed by atoms with E-state index < -0.39 is 0 Å². The van der Waals surface area contributed by atoms with Crippen LogP contribution in [-0.4, -0.2) is 16.0 Å². The van der Waals surface area contributed by atoms with E-state index in [1.165, 1.54) is 19.3 Å². The maximum Gasteiger partial charge on any atom is 0.147 e. The minimum Gasteiger partial charge on any atom is -0.382 e. The topological polar surface area (TPSA) is 63.8 Å². The van der Waals surface area contributed by atoms with Gasteiger partial charge in [0.15, 0.2) is 0 Å². The van der Waals surface area contributed by atoms with E-state index in [0.717, 1.165) is 17.7 Å². The maximum atomic E-state index is 5.60. The minimum absolute atomic E-state index is 0.474. The van der Waals surface area contributed by atoms with E-state index in [1.54, 1.807) is 12.4 Å². The lowest BCUT2D eigenvalue weighted by Gasteiger charge is -2.32. The summed E-state index contributed by atoms with van der Waals surface area (Å²) in [6.07, 6.45) is 7.06. The molecule has 1 aliphatic rings. The first-order chi connectivity index (χ1) is 7.63. The summed E-state index contributed by atoms with van der Waals surface area (Å²) in [6, 6.07) is 0.509. The molecule has 1 aromatic heterocycles. The first-order valence-corrected chi connectivity index (χ1v) is 5.97. The molecule has 3 N–H and O–H groups in total. The zero-order valence-corrected chi connectivity index (χ0v) is 9.98. The molecule has 1 aromatic rings. The monoisotopic (exact) mass is 220 g/mol. The van der Waals surface area contributed by atoms with Crippen molar-refractivity contribution in [1.82, 2.24) is 9.97 Å². The summed E-state index contributed by atoms with van der Waals surface area (Å²) in [5.74, 6) is 2.85. The van der Waals surface area contributed by atoms with E-state index in [-0.39, 0.29) is 0 Å². The number of nitrogens with zero attached hydrogens (tertiary/aromatic N) is 2. The van der Waals surface area contributed by atoms with Crippen molar-refractivity contribution < 1.29 is 0 Å². The van der Waals surface area contributed by atoms with Gasteiger partial charge in [0, 0.05) is 6.04 Å². The highest BCUT2D eigenvalue weighted by Crippen LogP contribution is 2.30. The van der Waals surface area contributed by atoms with Crippen LogP contribution >= 0.6 is 0 Å². The van der Waals surface area contributed by atoms with Crippen molar-refractivity contribution in [2.75, 3.05) is 11.1 Å². The lowest BCUT2D eigenvalue weighted by molar-refractivity contribution is 0.280. The van der Waals surface area contributed by atoms with Crippen molar-refractivity contribution in [3.8, 4) is 0 Å². The molecular weight excluding hydrogens is 200 g/mol. The molecule has 2 atom stereocenters. The predicted octanol–water partition coefficient (Wildman–Crippen LogP) is 2.30. The molecule has 1 heterocycles. The molecule has 4 nitrogen and oxygen atoms in total. The van der Waals surface area contributed by atoms with Crippen molar-refractivity contribution >= 4 is 11.6 Å². The van der Waals surface area contributed by atoms with Gasteiger partial charge in [-0.05, 0) is 31.1 Å². The fourth-order valence-electron chi connectivity index (χ4n) is 2.72. The Kier molecular flexibility index (Phi) is 3.27. The van der Waals surface area contributed by atoms with Gasteiger partial charge in [-0.3, -0.25) is 4.98 Å². The van der Waals surface area contributed by atoms with E-state index in [1.807, 2.05) is 0 Å². The fourth-order valence-corrected chi connectivity index (χ4v) is 2.72. The molecule has 0 aliphatic heterocycles. The molecule has 0 aromatic carbocycles. The van der Waals surface area contributed by atoms with Gasteiger partial charge < -0.3 is 11.1 Å². The normalized spacial score (nSPS) is 30.0. The largest absolute Gasteiger partial charge is 0.382 e. The number of hydrogen-bond acceptors (Lipinski definition) is 4. The summed E-state index contributed by atoms with van der Waals surface area (Å²) in [6.45, 7) is 4.63. The Balaban J connectivity index is 1.98. The number of nitrogens with two attached hydrogens (primary N) is 1. The van der Waals surface area contributed by atoms with Crippen LogP contribution in [0.1, 0.15) is 33.1 Å². The number of anilines is 2. The molecule has 0 spiro atoms. The summed E-state index contributed by atoms with van der Waals surface area (Å²) >= 11 is 0. The molecule has 4 heteroatoms. The molecule has 1 aliphatic carbocycles. The molecule has 1 saturated carbocycles. The van der Waals surface area contributed by atoms with Gasteiger partial charge in [-0.15, -0.1) is 0 Å². The van der Waals surface area contributed by atoms with Gasteiger partial charge >= 0.3 is 0 Å². The van der Waals surface area contributed by atoms with E-state index in [9.17, 15) is 0 Å². The number of nitrogens with one attached hydrogen (secondary N) is 1. The van der Waals surface area contributed by atoms with Gasteiger partial charge in [0.1, 0.15) is 11.6 Å². The zero-order valence-electron chi connectivity index (χ0n) is 9.98. The summed E-state index contributed by atoms with van der Waals surface area (Å²) in [7, 11) is 0. The van der Waals surface area contributed by atoms with Gasteiger partial charge in [-0.25, -0.2) is 4.98 Å². The Bertz CT molecular complexity index is 343. The predicted molar refractivity (Wildman–Crippen MR) is 66.0 cm³/mol. The molecule has 0 amide bonds. The Labute approximate surface area is 96.7 Å². The summed E-state index contributed by atoms with van der Waals surface area (Å²) in [5, 5.41) is 3.43. The van der Waals surface area contributed by atoms with Crippen LogP contribution in [0, 0.1) is 11.8 Å². The summed E-state index contributed by atoms with van der Waals surface area (Å²) in [4.78, 5) is 8.26. The third-order valence-corrected chi connectivity index (χ3v) is 3.18. The smallest absolute Gasteiger partial charge is 0.147 e. The van der Waals surface area contributed by atoms with Crippen molar-refractivity contribution in [1.29, 1.82) is 0 Å².